The Morgan fingerprint density at radius 1 is 1.13 bits per heavy atom. The molecule has 0 radical (unpaired) electrons. The number of aliphatic imine (C=N–C) groups is 1. The molecule has 3 aromatic rings. The molecular formula is C17H12N4OS. The number of amides is 1. The van der Waals surface area contributed by atoms with Crippen LogP contribution in [0.4, 0.5) is 5.69 Å². The van der Waals surface area contributed by atoms with Crippen LogP contribution < -0.4 is 10.6 Å². The molecule has 4 rings (SSSR count). The first kappa shape index (κ1) is 13.7. The minimum absolute atomic E-state index is 0.215. The van der Waals surface area contributed by atoms with Crippen LogP contribution in [0, 0.1) is 0 Å². The van der Waals surface area contributed by atoms with Crippen molar-refractivity contribution in [3.8, 4) is 0 Å². The van der Waals surface area contributed by atoms with E-state index < -0.39 is 0 Å². The van der Waals surface area contributed by atoms with E-state index in [4.69, 9.17) is 0 Å². The van der Waals surface area contributed by atoms with Gasteiger partial charge in [-0.15, -0.1) is 11.3 Å². The molecule has 0 fully saturated rings. The fourth-order valence-corrected chi connectivity index (χ4v) is 3.03. The van der Waals surface area contributed by atoms with Crippen molar-refractivity contribution in [1.29, 1.82) is 0 Å². The molecule has 2 aromatic carbocycles. The van der Waals surface area contributed by atoms with Gasteiger partial charge in [0.2, 0.25) is 5.96 Å². The summed E-state index contributed by atoms with van der Waals surface area (Å²) in [5, 5.41) is 5.81. The number of rotatable bonds is 2. The maximum atomic E-state index is 12.0. The van der Waals surface area contributed by atoms with Crippen molar-refractivity contribution < 1.29 is 4.79 Å². The number of nitrogens with zero attached hydrogens (tertiary/aromatic N) is 2. The molecule has 2 N–H and O–H groups in total. The quantitative estimate of drug-likeness (QED) is 0.712. The van der Waals surface area contributed by atoms with Gasteiger partial charge in [-0.1, -0.05) is 24.3 Å². The van der Waals surface area contributed by atoms with Crippen LogP contribution in [0.2, 0.25) is 0 Å². The molecule has 1 amide bonds. The Labute approximate surface area is 136 Å². The summed E-state index contributed by atoms with van der Waals surface area (Å²) in [7, 11) is 0. The van der Waals surface area contributed by atoms with E-state index >= 15 is 0 Å². The van der Waals surface area contributed by atoms with Crippen LogP contribution in [0.1, 0.15) is 5.56 Å². The summed E-state index contributed by atoms with van der Waals surface area (Å²) in [5.41, 5.74) is 4.95. The van der Waals surface area contributed by atoms with Gasteiger partial charge in [0.05, 0.1) is 15.7 Å². The second kappa shape index (κ2) is 5.66. The Morgan fingerprint density at radius 3 is 2.87 bits per heavy atom. The molecule has 0 saturated carbocycles. The molecule has 0 bridgehead atoms. The largest absolute Gasteiger partial charge is 0.326 e. The van der Waals surface area contributed by atoms with Crippen molar-refractivity contribution >= 4 is 45.2 Å². The summed E-state index contributed by atoms with van der Waals surface area (Å²) in [6.45, 7) is 0. The molecule has 23 heavy (non-hydrogen) atoms. The van der Waals surface area contributed by atoms with E-state index in [9.17, 15) is 4.79 Å². The average Bonchev–Trinajstić information content (AvgIpc) is 3.15. The Balaban J connectivity index is 1.61. The zero-order valence-corrected chi connectivity index (χ0v) is 12.8. The van der Waals surface area contributed by atoms with Crippen molar-refractivity contribution in [2.24, 2.45) is 4.99 Å². The lowest BCUT2D eigenvalue weighted by molar-refractivity contribution is -0.115. The van der Waals surface area contributed by atoms with E-state index in [1.807, 2.05) is 54.0 Å². The van der Waals surface area contributed by atoms with Crippen LogP contribution in [0.25, 0.3) is 16.3 Å². The van der Waals surface area contributed by atoms with Crippen LogP contribution in [0.5, 0.6) is 0 Å². The Hall–Kier alpha value is -2.99. The van der Waals surface area contributed by atoms with E-state index in [0.29, 0.717) is 11.7 Å². The Morgan fingerprint density at radius 2 is 2.00 bits per heavy atom. The first-order valence-electron chi connectivity index (χ1n) is 7.05. The second-order valence-corrected chi connectivity index (χ2v) is 5.90. The smallest absolute Gasteiger partial charge is 0.276 e. The van der Waals surface area contributed by atoms with Crippen LogP contribution >= 0.6 is 11.3 Å². The number of benzene rings is 2. The highest BCUT2D eigenvalue weighted by atomic mass is 32.1. The molecule has 1 aromatic heterocycles. The van der Waals surface area contributed by atoms with Crippen molar-refractivity contribution in [1.82, 2.24) is 10.3 Å². The Bertz CT molecular complexity index is 943. The highest BCUT2D eigenvalue weighted by Crippen LogP contribution is 2.21. The zero-order valence-electron chi connectivity index (χ0n) is 12.0. The molecule has 6 heteroatoms. The lowest BCUT2D eigenvalue weighted by atomic mass is 10.2. The highest BCUT2D eigenvalue weighted by molar-refractivity contribution is 7.16. The number of hydrogen-bond donors (Lipinski definition) is 2. The predicted octanol–water partition coefficient (Wildman–Crippen LogP) is 3.24. The van der Waals surface area contributed by atoms with E-state index in [1.165, 1.54) is 0 Å². The molecule has 0 saturated heterocycles. The SMILES string of the molecule is O=C1NC(Nc2ccccc2)=NC1=Cc1ccc2ncsc2c1. The number of thiazole rings is 1. The monoisotopic (exact) mass is 320 g/mol. The van der Waals surface area contributed by atoms with Gasteiger partial charge in [-0.2, -0.15) is 0 Å². The third-order valence-electron chi connectivity index (χ3n) is 3.39. The van der Waals surface area contributed by atoms with E-state index in [1.54, 1.807) is 17.4 Å². The van der Waals surface area contributed by atoms with Gasteiger partial charge in [0.25, 0.3) is 5.91 Å². The number of nitrogens with one attached hydrogen (secondary N) is 2. The van der Waals surface area contributed by atoms with Crippen molar-refractivity contribution in [2.75, 3.05) is 5.32 Å². The Kier molecular flexibility index (Phi) is 3.36. The van der Waals surface area contributed by atoms with Gasteiger partial charge in [0, 0.05) is 5.69 Å². The standard InChI is InChI=1S/C17H12N4OS/c22-16-14(8-11-6-7-13-15(9-11)23-10-18-13)20-17(21-16)19-12-4-2-1-3-5-12/h1-10H,(H2,19,20,21,22). The third-order valence-corrected chi connectivity index (χ3v) is 4.18. The van der Waals surface area contributed by atoms with Gasteiger partial charge in [-0.05, 0) is 35.9 Å². The summed E-state index contributed by atoms with van der Waals surface area (Å²) in [6.07, 6.45) is 1.77. The van der Waals surface area contributed by atoms with Gasteiger partial charge in [-0.3, -0.25) is 10.1 Å². The topological polar surface area (TPSA) is 66.4 Å². The first-order valence-corrected chi connectivity index (χ1v) is 7.93. The van der Waals surface area contributed by atoms with E-state index in [0.717, 1.165) is 21.5 Å². The first-order chi connectivity index (χ1) is 11.3. The highest BCUT2D eigenvalue weighted by Gasteiger charge is 2.20. The van der Waals surface area contributed by atoms with Gasteiger partial charge < -0.3 is 5.32 Å². The van der Waals surface area contributed by atoms with Gasteiger partial charge in [0.15, 0.2) is 0 Å². The van der Waals surface area contributed by atoms with Crippen molar-refractivity contribution in [2.45, 2.75) is 0 Å². The summed E-state index contributed by atoms with van der Waals surface area (Å²) in [5.74, 6) is 0.221. The number of hydrogen-bond acceptors (Lipinski definition) is 5. The van der Waals surface area contributed by atoms with Gasteiger partial charge in [-0.25, -0.2) is 9.98 Å². The molecule has 0 spiro atoms. The second-order valence-electron chi connectivity index (χ2n) is 5.01. The van der Waals surface area contributed by atoms with Gasteiger partial charge >= 0.3 is 0 Å². The maximum absolute atomic E-state index is 12.0. The number of fused-ring (bicyclic) bond motifs is 1. The van der Waals surface area contributed by atoms with E-state index in [2.05, 4.69) is 20.6 Å². The molecule has 1 aliphatic rings. The lowest BCUT2D eigenvalue weighted by Crippen LogP contribution is -2.29. The number of guanidine groups is 1. The van der Waals surface area contributed by atoms with Crippen LogP contribution in [-0.4, -0.2) is 16.9 Å². The molecule has 5 nitrogen and oxygen atoms in total. The molecule has 0 unspecified atom stereocenters. The minimum atomic E-state index is -0.215. The normalized spacial score (nSPS) is 15.7. The summed E-state index contributed by atoms with van der Waals surface area (Å²) in [6, 6.07) is 15.5. The number of para-hydroxylation sites is 1. The van der Waals surface area contributed by atoms with Crippen LogP contribution in [0.15, 0.2) is 64.7 Å². The zero-order chi connectivity index (χ0) is 15.6. The van der Waals surface area contributed by atoms with Crippen molar-refractivity contribution in [3.63, 3.8) is 0 Å². The summed E-state index contributed by atoms with van der Waals surface area (Å²) < 4.78 is 1.09. The van der Waals surface area contributed by atoms with Crippen molar-refractivity contribution in [3.05, 3.63) is 65.3 Å². The molecular weight excluding hydrogens is 308 g/mol. The average molecular weight is 320 g/mol. The number of aromatic nitrogens is 1. The number of carbonyl (C=O) groups is 1. The molecule has 1 aliphatic heterocycles. The van der Waals surface area contributed by atoms with E-state index in [-0.39, 0.29) is 5.91 Å². The van der Waals surface area contributed by atoms with Gasteiger partial charge in [0.1, 0.15) is 5.70 Å². The fraction of sp³-hybridized carbons (Fsp3) is 0. The number of anilines is 1. The minimum Gasteiger partial charge on any atom is -0.326 e. The molecule has 0 aliphatic carbocycles. The fourth-order valence-electron chi connectivity index (χ4n) is 2.31. The number of carbonyl (C=O) groups excluding carboxylic acids is 1. The van der Waals surface area contributed by atoms with Crippen LogP contribution in [0.3, 0.4) is 0 Å². The predicted molar refractivity (Wildman–Crippen MR) is 93.2 cm³/mol. The van der Waals surface area contributed by atoms with Crippen LogP contribution in [-0.2, 0) is 4.79 Å². The molecule has 2 heterocycles. The molecule has 112 valence electrons. The lowest BCUT2D eigenvalue weighted by Gasteiger charge is -2.03. The summed E-state index contributed by atoms with van der Waals surface area (Å²) >= 11 is 1.57. The summed E-state index contributed by atoms with van der Waals surface area (Å²) in [4.78, 5) is 20.6. The molecule has 0 atom stereocenters. The maximum Gasteiger partial charge on any atom is 0.276 e. The third kappa shape index (κ3) is 2.84.